The van der Waals surface area contributed by atoms with Crippen molar-refractivity contribution in [3.05, 3.63) is 16.1 Å². The Morgan fingerprint density at radius 2 is 2.11 bits per heavy atom. The van der Waals surface area contributed by atoms with Gasteiger partial charge < -0.3 is 10.2 Å². The van der Waals surface area contributed by atoms with Crippen LogP contribution in [0.3, 0.4) is 0 Å². The molecule has 1 rings (SSSR count). The van der Waals surface area contributed by atoms with Crippen LogP contribution in [0.15, 0.2) is 5.38 Å². The molecule has 0 spiro atoms. The molecular weight excluding hydrogens is 254 g/mol. The third-order valence-corrected chi connectivity index (χ3v) is 4.08. The summed E-state index contributed by atoms with van der Waals surface area (Å²) in [5, 5.41) is 6.84. The van der Waals surface area contributed by atoms with Crippen LogP contribution < -0.4 is 5.32 Å². The molecule has 0 aliphatic rings. The monoisotopic (exact) mass is 283 g/mol. The molecular formula is C15H29N3S. The van der Waals surface area contributed by atoms with Crippen LogP contribution in [0.1, 0.15) is 44.8 Å². The van der Waals surface area contributed by atoms with Crippen molar-refractivity contribution in [2.24, 2.45) is 11.8 Å². The van der Waals surface area contributed by atoms with Crippen LogP contribution in [0.4, 0.5) is 0 Å². The minimum atomic E-state index is 0.695. The first kappa shape index (κ1) is 16.6. The Balaban J connectivity index is 2.33. The van der Waals surface area contributed by atoms with Gasteiger partial charge in [0.1, 0.15) is 5.01 Å². The highest BCUT2D eigenvalue weighted by molar-refractivity contribution is 7.09. The first-order valence-corrected chi connectivity index (χ1v) is 8.21. The maximum atomic E-state index is 4.69. The molecule has 0 fully saturated rings. The number of rotatable bonds is 9. The number of thiazole rings is 1. The molecule has 110 valence electrons. The molecule has 0 aliphatic heterocycles. The fourth-order valence-electron chi connectivity index (χ4n) is 1.97. The fraction of sp³-hybridized carbons (Fsp3) is 0.800. The Morgan fingerprint density at radius 3 is 2.74 bits per heavy atom. The highest BCUT2D eigenvalue weighted by atomic mass is 32.1. The van der Waals surface area contributed by atoms with Crippen molar-refractivity contribution in [3.63, 3.8) is 0 Å². The molecule has 0 radical (unpaired) electrons. The number of hydrogen-bond donors (Lipinski definition) is 1. The summed E-state index contributed by atoms with van der Waals surface area (Å²) in [6.45, 7) is 13.1. The smallest absolute Gasteiger partial charge is 0.107 e. The summed E-state index contributed by atoms with van der Waals surface area (Å²) in [5.41, 5.74) is 1.21. The van der Waals surface area contributed by atoms with Crippen LogP contribution in [-0.4, -0.2) is 30.0 Å². The van der Waals surface area contributed by atoms with Gasteiger partial charge in [-0.2, -0.15) is 0 Å². The lowest BCUT2D eigenvalue weighted by molar-refractivity contribution is 0.273. The molecule has 0 aliphatic carbocycles. The van der Waals surface area contributed by atoms with Crippen molar-refractivity contribution in [3.8, 4) is 0 Å². The van der Waals surface area contributed by atoms with Gasteiger partial charge in [0.15, 0.2) is 0 Å². The lowest BCUT2D eigenvalue weighted by Gasteiger charge is -2.19. The third kappa shape index (κ3) is 7.04. The molecule has 1 heterocycles. The van der Waals surface area contributed by atoms with Crippen LogP contribution >= 0.6 is 11.3 Å². The zero-order chi connectivity index (χ0) is 14.3. The van der Waals surface area contributed by atoms with Crippen LogP contribution in [0.2, 0.25) is 0 Å². The zero-order valence-corrected chi connectivity index (χ0v) is 13.9. The summed E-state index contributed by atoms with van der Waals surface area (Å²) in [7, 11) is 2.18. The number of nitrogens with zero attached hydrogens (tertiary/aromatic N) is 2. The molecule has 4 heteroatoms. The van der Waals surface area contributed by atoms with Gasteiger partial charge in [-0.05, 0) is 25.4 Å². The van der Waals surface area contributed by atoms with E-state index in [-0.39, 0.29) is 0 Å². The van der Waals surface area contributed by atoms with E-state index in [9.17, 15) is 0 Å². The van der Waals surface area contributed by atoms with Gasteiger partial charge in [0.25, 0.3) is 0 Å². The normalized spacial score (nSPS) is 13.4. The van der Waals surface area contributed by atoms with E-state index in [4.69, 9.17) is 4.98 Å². The Labute approximate surface area is 122 Å². The molecule has 0 saturated heterocycles. The predicted molar refractivity (Wildman–Crippen MR) is 84.4 cm³/mol. The summed E-state index contributed by atoms with van der Waals surface area (Å²) in [4.78, 5) is 7.06. The molecule has 1 N–H and O–H groups in total. The van der Waals surface area contributed by atoms with Crippen molar-refractivity contribution >= 4 is 11.3 Å². The highest BCUT2D eigenvalue weighted by Crippen LogP contribution is 2.12. The predicted octanol–water partition coefficient (Wildman–Crippen LogP) is 3.37. The molecule has 0 saturated carbocycles. The SMILES string of the molecule is CCC(C)CN(C)Cc1csc(CNCC(C)C)n1. The average molecular weight is 283 g/mol. The first-order valence-electron chi connectivity index (χ1n) is 7.33. The standard InChI is InChI=1S/C15H29N3S/c1-6-13(4)9-18(5)10-14-11-19-15(17-14)8-16-7-12(2)3/h11-13,16H,6-10H2,1-5H3. The van der Waals surface area contributed by atoms with Crippen LogP contribution in [0, 0.1) is 11.8 Å². The number of hydrogen-bond acceptors (Lipinski definition) is 4. The summed E-state index contributed by atoms with van der Waals surface area (Å²) in [6.07, 6.45) is 1.24. The average Bonchev–Trinajstić information content (AvgIpc) is 2.75. The van der Waals surface area contributed by atoms with Crippen molar-refractivity contribution < 1.29 is 0 Å². The Hall–Kier alpha value is -0.450. The molecule has 19 heavy (non-hydrogen) atoms. The second kappa shape index (κ2) is 8.67. The van der Waals surface area contributed by atoms with E-state index < -0.39 is 0 Å². The molecule has 1 aromatic rings. The second-order valence-electron chi connectivity index (χ2n) is 5.97. The van der Waals surface area contributed by atoms with Gasteiger partial charge in [0.05, 0.1) is 5.69 Å². The van der Waals surface area contributed by atoms with E-state index in [1.165, 1.54) is 17.1 Å². The second-order valence-corrected chi connectivity index (χ2v) is 6.91. The summed E-state index contributed by atoms with van der Waals surface area (Å²) in [5.74, 6) is 1.46. The molecule has 1 aromatic heterocycles. The van der Waals surface area contributed by atoms with E-state index in [2.05, 4.69) is 50.3 Å². The van der Waals surface area contributed by atoms with Gasteiger partial charge in [-0.25, -0.2) is 4.98 Å². The Kier molecular flexibility index (Phi) is 7.57. The van der Waals surface area contributed by atoms with Crippen LogP contribution in [-0.2, 0) is 13.1 Å². The fourth-order valence-corrected chi connectivity index (χ4v) is 2.73. The van der Waals surface area contributed by atoms with Gasteiger partial charge in [-0.1, -0.05) is 34.1 Å². The largest absolute Gasteiger partial charge is 0.310 e. The lowest BCUT2D eigenvalue weighted by Crippen LogP contribution is -2.24. The molecule has 0 bridgehead atoms. The Bertz CT molecular complexity index is 349. The van der Waals surface area contributed by atoms with Crippen LogP contribution in [0.25, 0.3) is 0 Å². The van der Waals surface area contributed by atoms with E-state index >= 15 is 0 Å². The number of nitrogens with one attached hydrogen (secondary N) is 1. The lowest BCUT2D eigenvalue weighted by atomic mass is 10.1. The summed E-state index contributed by atoms with van der Waals surface area (Å²) >= 11 is 1.77. The van der Waals surface area contributed by atoms with E-state index in [1.807, 2.05) is 0 Å². The topological polar surface area (TPSA) is 28.2 Å². The minimum Gasteiger partial charge on any atom is -0.310 e. The van der Waals surface area contributed by atoms with Crippen molar-refractivity contribution in [2.75, 3.05) is 20.1 Å². The van der Waals surface area contributed by atoms with Crippen molar-refractivity contribution in [1.82, 2.24) is 15.2 Å². The molecule has 0 amide bonds. The number of aromatic nitrogens is 1. The van der Waals surface area contributed by atoms with Gasteiger partial charge in [-0.15, -0.1) is 11.3 Å². The van der Waals surface area contributed by atoms with Crippen LogP contribution in [0.5, 0.6) is 0 Å². The van der Waals surface area contributed by atoms with E-state index in [0.717, 1.165) is 32.1 Å². The van der Waals surface area contributed by atoms with E-state index in [1.54, 1.807) is 11.3 Å². The third-order valence-electron chi connectivity index (χ3n) is 3.18. The van der Waals surface area contributed by atoms with E-state index in [0.29, 0.717) is 5.92 Å². The maximum Gasteiger partial charge on any atom is 0.107 e. The quantitative estimate of drug-likeness (QED) is 0.753. The molecule has 3 nitrogen and oxygen atoms in total. The zero-order valence-electron chi connectivity index (χ0n) is 13.1. The Morgan fingerprint density at radius 1 is 1.37 bits per heavy atom. The minimum absolute atomic E-state index is 0.695. The van der Waals surface area contributed by atoms with Gasteiger partial charge in [-0.3, -0.25) is 0 Å². The van der Waals surface area contributed by atoms with Gasteiger partial charge in [0.2, 0.25) is 0 Å². The van der Waals surface area contributed by atoms with Gasteiger partial charge >= 0.3 is 0 Å². The molecule has 1 atom stereocenters. The summed E-state index contributed by atoms with van der Waals surface area (Å²) < 4.78 is 0. The van der Waals surface area contributed by atoms with Gasteiger partial charge in [0, 0.05) is 25.0 Å². The van der Waals surface area contributed by atoms with Crippen molar-refractivity contribution in [1.29, 1.82) is 0 Å². The summed E-state index contributed by atoms with van der Waals surface area (Å²) in [6, 6.07) is 0. The molecule has 1 unspecified atom stereocenters. The first-order chi connectivity index (χ1) is 9.01. The highest BCUT2D eigenvalue weighted by Gasteiger charge is 2.08. The maximum absolute atomic E-state index is 4.69. The van der Waals surface area contributed by atoms with Crippen molar-refractivity contribution in [2.45, 2.75) is 47.2 Å². The molecule has 0 aromatic carbocycles.